The highest BCUT2D eigenvalue weighted by molar-refractivity contribution is 7.89. The van der Waals surface area contributed by atoms with Crippen molar-refractivity contribution in [3.8, 4) is 0 Å². The van der Waals surface area contributed by atoms with E-state index in [9.17, 15) is 8.42 Å². The van der Waals surface area contributed by atoms with E-state index in [1.165, 1.54) is 10.5 Å². The van der Waals surface area contributed by atoms with Crippen molar-refractivity contribution in [1.82, 2.24) is 14.5 Å². The smallest absolute Gasteiger partial charge is 0.246 e. The van der Waals surface area contributed by atoms with Crippen LogP contribution in [-0.4, -0.2) is 42.6 Å². The van der Waals surface area contributed by atoms with Crippen LogP contribution in [-0.2, 0) is 10.0 Å². The maximum Gasteiger partial charge on any atom is 0.246 e. The molecule has 1 rings (SSSR count). The monoisotopic (exact) mass is 232 g/mol. The van der Waals surface area contributed by atoms with Crippen LogP contribution < -0.4 is 5.73 Å². The molecule has 3 N–H and O–H groups in total. The van der Waals surface area contributed by atoms with Gasteiger partial charge in [0.1, 0.15) is 4.90 Å². The highest BCUT2D eigenvalue weighted by Gasteiger charge is 2.25. The van der Waals surface area contributed by atoms with Gasteiger partial charge in [-0.1, -0.05) is 6.92 Å². The van der Waals surface area contributed by atoms with Crippen LogP contribution in [0.1, 0.15) is 12.6 Å². The Bertz CT molecular complexity index is 412. The fourth-order valence-corrected chi connectivity index (χ4v) is 2.91. The first-order valence-electron chi connectivity index (χ1n) is 4.74. The minimum Gasteiger partial charge on any atom is -0.329 e. The third kappa shape index (κ3) is 2.36. The lowest BCUT2D eigenvalue weighted by molar-refractivity contribution is 0.435. The van der Waals surface area contributed by atoms with Crippen molar-refractivity contribution in [3.05, 3.63) is 11.9 Å². The Morgan fingerprint density at radius 1 is 1.60 bits per heavy atom. The number of hydrogen-bond acceptors (Lipinski definition) is 4. The van der Waals surface area contributed by atoms with Gasteiger partial charge < -0.3 is 5.73 Å². The number of nitrogens with two attached hydrogens (primary N) is 1. The molecule has 0 radical (unpaired) electrons. The number of sulfonamides is 1. The number of likely N-dealkylation sites (N-methyl/N-ethyl adjacent to an activating group) is 1. The second kappa shape index (κ2) is 4.73. The van der Waals surface area contributed by atoms with E-state index in [1.54, 1.807) is 13.8 Å². The normalized spacial score (nSPS) is 12.3. The second-order valence-corrected chi connectivity index (χ2v) is 5.05. The summed E-state index contributed by atoms with van der Waals surface area (Å²) in [5.41, 5.74) is 5.91. The zero-order valence-corrected chi connectivity index (χ0v) is 9.71. The number of H-pyrrole nitrogens is 1. The average Bonchev–Trinajstić information content (AvgIpc) is 2.61. The average molecular weight is 232 g/mol. The first-order valence-corrected chi connectivity index (χ1v) is 6.18. The van der Waals surface area contributed by atoms with E-state index in [1.807, 2.05) is 0 Å². The van der Waals surface area contributed by atoms with E-state index in [2.05, 4.69) is 10.2 Å². The first kappa shape index (κ1) is 12.2. The maximum atomic E-state index is 12.0. The Morgan fingerprint density at radius 2 is 2.27 bits per heavy atom. The zero-order chi connectivity index (χ0) is 11.5. The lowest BCUT2D eigenvalue weighted by atomic mass is 10.5. The Labute approximate surface area is 89.5 Å². The number of aryl methyl sites for hydroxylation is 1. The number of rotatable bonds is 5. The molecule has 0 atom stereocenters. The van der Waals surface area contributed by atoms with Crippen LogP contribution in [0.25, 0.3) is 0 Å². The largest absolute Gasteiger partial charge is 0.329 e. The summed E-state index contributed by atoms with van der Waals surface area (Å²) < 4.78 is 25.4. The molecule has 15 heavy (non-hydrogen) atoms. The van der Waals surface area contributed by atoms with Gasteiger partial charge in [-0.2, -0.15) is 9.40 Å². The summed E-state index contributed by atoms with van der Waals surface area (Å²) in [6.07, 6.45) is 1.32. The van der Waals surface area contributed by atoms with Crippen molar-refractivity contribution in [2.75, 3.05) is 19.6 Å². The molecule has 7 heteroatoms. The van der Waals surface area contributed by atoms with Crippen molar-refractivity contribution in [3.63, 3.8) is 0 Å². The maximum absolute atomic E-state index is 12.0. The summed E-state index contributed by atoms with van der Waals surface area (Å²) in [6.45, 7) is 4.50. The van der Waals surface area contributed by atoms with Gasteiger partial charge in [0.25, 0.3) is 0 Å². The van der Waals surface area contributed by atoms with Crippen molar-refractivity contribution < 1.29 is 8.42 Å². The van der Waals surface area contributed by atoms with Crippen LogP contribution in [0.5, 0.6) is 0 Å². The highest BCUT2D eigenvalue weighted by atomic mass is 32.2. The van der Waals surface area contributed by atoms with Gasteiger partial charge in [-0.25, -0.2) is 8.42 Å². The molecule has 0 aliphatic carbocycles. The van der Waals surface area contributed by atoms with Gasteiger partial charge in [-0.05, 0) is 6.92 Å². The molecule has 0 amide bonds. The van der Waals surface area contributed by atoms with E-state index < -0.39 is 10.0 Å². The lowest BCUT2D eigenvalue weighted by Gasteiger charge is -2.18. The van der Waals surface area contributed by atoms with Crippen molar-refractivity contribution >= 4 is 10.0 Å². The molecule has 0 spiro atoms. The van der Waals surface area contributed by atoms with E-state index in [-0.39, 0.29) is 4.90 Å². The Balaban J connectivity index is 3.06. The van der Waals surface area contributed by atoms with Gasteiger partial charge in [0.2, 0.25) is 10.0 Å². The van der Waals surface area contributed by atoms with Crippen molar-refractivity contribution in [2.24, 2.45) is 5.73 Å². The molecule has 0 bridgehead atoms. The SMILES string of the molecule is CCN(CCN)S(=O)(=O)c1cn[nH]c1C. The molecule has 0 aliphatic rings. The van der Waals surface area contributed by atoms with Gasteiger partial charge >= 0.3 is 0 Å². The third-order valence-corrected chi connectivity index (χ3v) is 4.22. The Morgan fingerprint density at radius 3 is 2.67 bits per heavy atom. The van der Waals surface area contributed by atoms with Crippen molar-refractivity contribution in [1.29, 1.82) is 0 Å². The fourth-order valence-electron chi connectivity index (χ4n) is 1.33. The molecule has 1 aromatic heterocycles. The summed E-state index contributed by atoms with van der Waals surface area (Å²) in [4.78, 5) is 0.220. The van der Waals surface area contributed by atoms with Gasteiger partial charge in [0, 0.05) is 19.6 Å². The van der Waals surface area contributed by atoms with Crippen molar-refractivity contribution in [2.45, 2.75) is 18.7 Å². The molecule has 0 saturated carbocycles. The van der Waals surface area contributed by atoms with E-state index in [0.29, 0.717) is 25.3 Å². The Kier molecular flexibility index (Phi) is 3.83. The molecule has 86 valence electrons. The summed E-state index contributed by atoms with van der Waals surface area (Å²) in [5, 5.41) is 6.31. The van der Waals surface area contributed by atoms with Crippen LogP contribution in [0.2, 0.25) is 0 Å². The van der Waals surface area contributed by atoms with Crippen LogP contribution in [0, 0.1) is 6.92 Å². The Hall–Kier alpha value is -0.920. The molecule has 0 aliphatic heterocycles. The van der Waals surface area contributed by atoms with Gasteiger partial charge in [0.15, 0.2) is 0 Å². The summed E-state index contributed by atoms with van der Waals surface area (Å²) in [6, 6.07) is 0. The summed E-state index contributed by atoms with van der Waals surface area (Å²) in [5.74, 6) is 0. The molecule has 0 unspecified atom stereocenters. The van der Waals surface area contributed by atoms with E-state index in [0.717, 1.165) is 0 Å². The zero-order valence-electron chi connectivity index (χ0n) is 8.90. The molecular formula is C8H16N4O2S. The number of nitrogens with one attached hydrogen (secondary N) is 1. The van der Waals surface area contributed by atoms with Crippen LogP contribution in [0.15, 0.2) is 11.1 Å². The van der Waals surface area contributed by atoms with E-state index >= 15 is 0 Å². The standard InChI is InChI=1S/C8H16N4O2S/c1-3-12(5-4-9)15(13,14)8-6-10-11-7(8)2/h6H,3-5,9H2,1-2H3,(H,10,11). The van der Waals surface area contributed by atoms with Crippen LogP contribution in [0.3, 0.4) is 0 Å². The lowest BCUT2D eigenvalue weighted by Crippen LogP contribution is -2.35. The number of nitrogens with zero attached hydrogens (tertiary/aromatic N) is 2. The highest BCUT2D eigenvalue weighted by Crippen LogP contribution is 2.16. The topological polar surface area (TPSA) is 92.1 Å². The predicted molar refractivity (Wildman–Crippen MR) is 56.8 cm³/mol. The molecule has 6 nitrogen and oxygen atoms in total. The van der Waals surface area contributed by atoms with Crippen LogP contribution >= 0.6 is 0 Å². The third-order valence-electron chi connectivity index (χ3n) is 2.13. The number of aromatic nitrogens is 2. The summed E-state index contributed by atoms with van der Waals surface area (Å²) >= 11 is 0. The number of aromatic amines is 1. The van der Waals surface area contributed by atoms with Gasteiger partial charge in [0.05, 0.1) is 11.9 Å². The predicted octanol–water partition coefficient (Wildman–Crippen LogP) is -0.313. The first-order chi connectivity index (χ1) is 7.04. The molecule has 0 saturated heterocycles. The van der Waals surface area contributed by atoms with Crippen LogP contribution in [0.4, 0.5) is 0 Å². The van der Waals surface area contributed by atoms with E-state index in [4.69, 9.17) is 5.73 Å². The fraction of sp³-hybridized carbons (Fsp3) is 0.625. The van der Waals surface area contributed by atoms with Gasteiger partial charge in [-0.3, -0.25) is 5.10 Å². The molecule has 1 aromatic rings. The van der Waals surface area contributed by atoms with Gasteiger partial charge in [-0.15, -0.1) is 0 Å². The minimum absolute atomic E-state index is 0.220. The number of hydrogen-bond donors (Lipinski definition) is 2. The molecule has 0 fully saturated rings. The quantitative estimate of drug-likeness (QED) is 0.728. The second-order valence-electron chi connectivity index (χ2n) is 3.14. The summed E-state index contributed by atoms with van der Waals surface area (Å²) in [7, 11) is -3.44. The molecular weight excluding hydrogens is 216 g/mol. The molecule has 0 aromatic carbocycles. The molecule has 1 heterocycles. The minimum atomic E-state index is -3.44.